The first-order valence-electron chi connectivity index (χ1n) is 8.32. The number of hydrogen-bond donors (Lipinski definition) is 1. The molecule has 0 fully saturated rings. The Bertz CT molecular complexity index is 943. The average Bonchev–Trinajstić information content (AvgIpc) is 2.69. The summed E-state index contributed by atoms with van der Waals surface area (Å²) in [5, 5.41) is 3.09. The van der Waals surface area contributed by atoms with E-state index in [1.165, 1.54) is 25.3 Å². The highest BCUT2D eigenvalue weighted by molar-refractivity contribution is 6.29. The van der Waals surface area contributed by atoms with Gasteiger partial charge in [-0.15, -0.1) is 0 Å². The summed E-state index contributed by atoms with van der Waals surface area (Å²) in [6, 6.07) is 20.1. The highest BCUT2D eigenvalue weighted by Gasteiger charge is 2.20. The van der Waals surface area contributed by atoms with Crippen molar-refractivity contribution in [1.29, 1.82) is 0 Å². The van der Waals surface area contributed by atoms with Crippen LogP contribution in [-0.4, -0.2) is 23.0 Å². The zero-order valence-corrected chi connectivity index (χ0v) is 15.3. The Balaban J connectivity index is 1.70. The molecule has 1 N–H and O–H groups in total. The molecular weight excluding hydrogens is 364 g/mol. The van der Waals surface area contributed by atoms with E-state index < -0.39 is 18.0 Å². The molecule has 0 aliphatic heterocycles. The van der Waals surface area contributed by atoms with Crippen molar-refractivity contribution in [1.82, 2.24) is 4.98 Å². The quantitative estimate of drug-likeness (QED) is 0.519. The number of rotatable bonds is 5. The summed E-state index contributed by atoms with van der Waals surface area (Å²) in [6.45, 7) is 1.52. The van der Waals surface area contributed by atoms with Crippen molar-refractivity contribution < 1.29 is 14.3 Å². The second-order valence-corrected chi connectivity index (χ2v) is 6.21. The molecule has 3 aromatic rings. The van der Waals surface area contributed by atoms with Crippen molar-refractivity contribution in [3.05, 3.63) is 83.6 Å². The van der Waals surface area contributed by atoms with E-state index in [1.807, 2.05) is 48.5 Å². The van der Waals surface area contributed by atoms with E-state index in [2.05, 4.69) is 10.3 Å². The first-order valence-corrected chi connectivity index (χ1v) is 8.70. The molecule has 2 aromatic carbocycles. The molecule has 6 heteroatoms. The molecule has 0 radical (unpaired) electrons. The largest absolute Gasteiger partial charge is 0.449 e. The van der Waals surface area contributed by atoms with Crippen molar-refractivity contribution in [3.8, 4) is 11.1 Å². The molecule has 3 rings (SSSR count). The molecule has 1 aromatic heterocycles. The van der Waals surface area contributed by atoms with Gasteiger partial charge in [0.15, 0.2) is 6.10 Å². The molecule has 0 aliphatic rings. The predicted molar refractivity (Wildman–Crippen MR) is 105 cm³/mol. The lowest BCUT2D eigenvalue weighted by Crippen LogP contribution is -2.30. The predicted octanol–water partition coefficient (Wildman–Crippen LogP) is 4.59. The van der Waals surface area contributed by atoms with E-state index >= 15 is 0 Å². The number of halogens is 1. The van der Waals surface area contributed by atoms with Crippen molar-refractivity contribution in [3.63, 3.8) is 0 Å². The van der Waals surface area contributed by atoms with Gasteiger partial charge in [-0.2, -0.15) is 0 Å². The molecule has 27 heavy (non-hydrogen) atoms. The third kappa shape index (κ3) is 4.71. The van der Waals surface area contributed by atoms with Crippen LogP contribution in [-0.2, 0) is 9.53 Å². The van der Waals surface area contributed by atoms with Gasteiger partial charge in [0.2, 0.25) is 0 Å². The van der Waals surface area contributed by atoms with E-state index in [0.717, 1.165) is 11.1 Å². The molecule has 0 unspecified atom stereocenters. The van der Waals surface area contributed by atoms with Crippen LogP contribution in [0.4, 0.5) is 5.69 Å². The fourth-order valence-corrected chi connectivity index (χ4v) is 2.59. The maximum atomic E-state index is 12.5. The Hall–Kier alpha value is -3.18. The zero-order valence-electron chi connectivity index (χ0n) is 14.6. The smallest absolute Gasteiger partial charge is 0.340 e. The van der Waals surface area contributed by atoms with Crippen LogP contribution >= 0.6 is 11.6 Å². The van der Waals surface area contributed by atoms with Crippen LogP contribution in [0.5, 0.6) is 0 Å². The van der Waals surface area contributed by atoms with Crippen molar-refractivity contribution in [2.45, 2.75) is 13.0 Å². The Labute approximate surface area is 162 Å². The van der Waals surface area contributed by atoms with Gasteiger partial charge < -0.3 is 10.1 Å². The van der Waals surface area contributed by atoms with E-state index in [0.29, 0.717) is 5.69 Å². The molecule has 0 spiro atoms. The van der Waals surface area contributed by atoms with E-state index in [4.69, 9.17) is 16.3 Å². The van der Waals surface area contributed by atoms with Crippen molar-refractivity contribution in [2.24, 2.45) is 0 Å². The highest BCUT2D eigenvalue weighted by Crippen LogP contribution is 2.27. The van der Waals surface area contributed by atoms with E-state index in [9.17, 15) is 9.59 Å². The number of pyridine rings is 1. The third-order valence-electron chi connectivity index (χ3n) is 3.89. The molecule has 1 heterocycles. The minimum atomic E-state index is -0.975. The van der Waals surface area contributed by atoms with Crippen LogP contribution in [0.3, 0.4) is 0 Å². The van der Waals surface area contributed by atoms with Crippen molar-refractivity contribution >= 4 is 29.2 Å². The highest BCUT2D eigenvalue weighted by atomic mass is 35.5. The molecule has 5 nitrogen and oxygen atoms in total. The monoisotopic (exact) mass is 380 g/mol. The van der Waals surface area contributed by atoms with Crippen LogP contribution in [0.25, 0.3) is 11.1 Å². The number of carbonyl (C=O) groups is 2. The summed E-state index contributed by atoms with van der Waals surface area (Å²) >= 11 is 5.70. The number of hydrogen-bond acceptors (Lipinski definition) is 4. The van der Waals surface area contributed by atoms with Gasteiger partial charge in [-0.3, -0.25) is 4.79 Å². The molecule has 0 saturated carbocycles. The number of para-hydroxylation sites is 1. The second-order valence-electron chi connectivity index (χ2n) is 5.82. The topological polar surface area (TPSA) is 68.3 Å². The molecule has 1 atom stereocenters. The van der Waals surface area contributed by atoms with Crippen LogP contribution < -0.4 is 5.32 Å². The van der Waals surface area contributed by atoms with E-state index in [-0.39, 0.29) is 10.7 Å². The van der Waals surface area contributed by atoms with Crippen LogP contribution in [0.15, 0.2) is 72.9 Å². The summed E-state index contributed by atoms with van der Waals surface area (Å²) < 4.78 is 5.22. The minimum absolute atomic E-state index is 0.226. The normalized spacial score (nSPS) is 11.5. The lowest BCUT2D eigenvalue weighted by molar-refractivity contribution is -0.123. The number of benzene rings is 2. The van der Waals surface area contributed by atoms with Gasteiger partial charge >= 0.3 is 5.97 Å². The number of nitrogens with zero attached hydrogens (tertiary/aromatic N) is 1. The fourth-order valence-electron chi connectivity index (χ4n) is 2.47. The zero-order chi connectivity index (χ0) is 19.2. The first-order chi connectivity index (χ1) is 13.0. The van der Waals surface area contributed by atoms with E-state index in [1.54, 1.807) is 6.07 Å². The summed E-state index contributed by atoms with van der Waals surface area (Å²) in [4.78, 5) is 28.4. The number of carbonyl (C=O) groups excluding carboxylic acids is 2. The summed E-state index contributed by atoms with van der Waals surface area (Å²) in [5.41, 5.74) is 2.73. The summed E-state index contributed by atoms with van der Waals surface area (Å²) in [7, 11) is 0. The third-order valence-corrected chi connectivity index (χ3v) is 4.11. The first kappa shape index (κ1) is 18.6. The van der Waals surface area contributed by atoms with Crippen LogP contribution in [0.1, 0.15) is 17.3 Å². The fraction of sp³-hybridized carbons (Fsp3) is 0.0952. The SMILES string of the molecule is C[C@@H](OC(=O)c1ccc(Cl)nc1)C(=O)Nc1ccccc1-c1ccccc1. The Morgan fingerprint density at radius 3 is 2.41 bits per heavy atom. The average molecular weight is 381 g/mol. The van der Waals surface area contributed by atoms with Gasteiger partial charge in [-0.1, -0.05) is 60.1 Å². The lowest BCUT2D eigenvalue weighted by Gasteiger charge is -2.16. The van der Waals surface area contributed by atoms with Gasteiger partial charge in [0.05, 0.1) is 5.56 Å². The molecule has 0 saturated heterocycles. The van der Waals surface area contributed by atoms with Gasteiger partial charge in [0.1, 0.15) is 5.15 Å². The Morgan fingerprint density at radius 2 is 1.70 bits per heavy atom. The molecule has 1 amide bonds. The Morgan fingerprint density at radius 1 is 1.00 bits per heavy atom. The second kappa shape index (κ2) is 8.47. The van der Waals surface area contributed by atoms with Gasteiger partial charge in [-0.05, 0) is 30.7 Å². The maximum absolute atomic E-state index is 12.5. The van der Waals surface area contributed by atoms with Gasteiger partial charge in [0.25, 0.3) is 5.91 Å². The number of ether oxygens (including phenoxy) is 1. The Kier molecular flexibility index (Phi) is 5.84. The maximum Gasteiger partial charge on any atom is 0.340 e. The minimum Gasteiger partial charge on any atom is -0.449 e. The number of anilines is 1. The molecule has 0 bridgehead atoms. The van der Waals surface area contributed by atoms with Gasteiger partial charge in [0, 0.05) is 17.4 Å². The number of esters is 1. The summed E-state index contributed by atoms with van der Waals surface area (Å²) in [6.07, 6.45) is 0.331. The molecule has 136 valence electrons. The molecule has 0 aliphatic carbocycles. The van der Waals surface area contributed by atoms with Gasteiger partial charge in [-0.25, -0.2) is 9.78 Å². The lowest BCUT2D eigenvalue weighted by atomic mass is 10.0. The number of aromatic nitrogens is 1. The summed E-state index contributed by atoms with van der Waals surface area (Å²) in [5.74, 6) is -1.06. The van der Waals surface area contributed by atoms with Crippen LogP contribution in [0.2, 0.25) is 5.15 Å². The standard InChI is InChI=1S/C21H17ClN2O3/c1-14(27-21(26)16-11-12-19(22)23-13-16)20(25)24-18-10-6-5-9-17(18)15-7-3-2-4-8-15/h2-14H,1H3,(H,24,25)/t14-/m1/s1. The van der Waals surface area contributed by atoms with Crippen LogP contribution in [0, 0.1) is 0 Å². The molecular formula is C21H17ClN2O3. The number of nitrogens with one attached hydrogen (secondary N) is 1. The number of amides is 1. The van der Waals surface area contributed by atoms with Crippen molar-refractivity contribution in [2.75, 3.05) is 5.32 Å².